The normalized spacial score (nSPS) is 11.5. The first-order valence-electron chi connectivity index (χ1n) is 4.11. The van der Waals surface area contributed by atoms with E-state index in [1.807, 2.05) is 6.92 Å². The Morgan fingerprint density at radius 1 is 1.36 bits per heavy atom. The predicted octanol–water partition coefficient (Wildman–Crippen LogP) is 2.88. The van der Waals surface area contributed by atoms with Crippen LogP contribution in [0.4, 0.5) is 0 Å². The van der Waals surface area contributed by atoms with Gasteiger partial charge in [-0.25, -0.2) is 0 Å². The Labute approximate surface area is 68.8 Å². The lowest BCUT2D eigenvalue weighted by atomic mass is 10.2. The van der Waals surface area contributed by atoms with E-state index in [1.54, 1.807) is 12.2 Å². The van der Waals surface area contributed by atoms with Crippen molar-refractivity contribution in [3.63, 3.8) is 0 Å². The van der Waals surface area contributed by atoms with Crippen LogP contribution in [0.1, 0.15) is 33.1 Å². The number of rotatable bonds is 5. The first kappa shape index (κ1) is 10.2. The molecule has 0 aromatic carbocycles. The number of hydrogen-bond acceptors (Lipinski definition) is 1. The van der Waals surface area contributed by atoms with Crippen molar-refractivity contribution in [2.75, 3.05) is 0 Å². The Balaban J connectivity index is 3.39. The van der Waals surface area contributed by atoms with E-state index in [1.165, 1.54) is 0 Å². The average molecular weight is 152 g/mol. The molecule has 0 rings (SSSR count). The minimum atomic E-state index is 0.216. The minimum Gasteiger partial charge on any atom is -0.295 e. The van der Waals surface area contributed by atoms with Gasteiger partial charge in [0.2, 0.25) is 0 Å². The Bertz CT molecular complexity index is 154. The Kier molecular flexibility index (Phi) is 6.70. The van der Waals surface area contributed by atoms with E-state index >= 15 is 0 Å². The summed E-state index contributed by atoms with van der Waals surface area (Å²) in [5, 5.41) is 0. The minimum absolute atomic E-state index is 0.216. The molecule has 1 nitrogen and oxygen atoms in total. The summed E-state index contributed by atoms with van der Waals surface area (Å²) in [4.78, 5) is 10.9. The molecule has 0 spiro atoms. The Morgan fingerprint density at radius 3 is 2.64 bits per heavy atom. The second kappa shape index (κ2) is 7.26. The van der Waals surface area contributed by atoms with Crippen molar-refractivity contribution in [3.05, 3.63) is 24.3 Å². The monoisotopic (exact) mass is 152 g/mol. The molecular formula is C10H16O. The Hall–Kier alpha value is -0.850. The highest BCUT2D eigenvalue weighted by Crippen LogP contribution is 1.94. The molecule has 0 heterocycles. The summed E-state index contributed by atoms with van der Waals surface area (Å²) in [7, 11) is 0. The molecule has 1 heteroatoms. The van der Waals surface area contributed by atoms with Crippen LogP contribution in [0.2, 0.25) is 0 Å². The molecule has 0 aliphatic carbocycles. The lowest BCUT2D eigenvalue weighted by Crippen LogP contribution is -1.89. The molecule has 62 valence electrons. The lowest BCUT2D eigenvalue weighted by molar-refractivity contribution is -0.114. The number of ketones is 1. The smallest absolute Gasteiger partial charge is 0.155 e. The van der Waals surface area contributed by atoms with Gasteiger partial charge in [-0.3, -0.25) is 4.79 Å². The number of carbonyl (C=O) groups is 1. The summed E-state index contributed by atoms with van der Waals surface area (Å²) in [6.07, 6.45) is 10.1. The summed E-state index contributed by atoms with van der Waals surface area (Å²) in [5.74, 6) is 0.216. The second-order valence-corrected chi connectivity index (χ2v) is 2.38. The van der Waals surface area contributed by atoms with Gasteiger partial charge in [0, 0.05) is 6.42 Å². The molecule has 11 heavy (non-hydrogen) atoms. The molecule has 0 radical (unpaired) electrons. The standard InChI is InChI=1S/C10H16O/c1-3-5-6-7-9-10(11)8-4-2/h4-6,8H,3,7,9H2,1-2H3/b6-5+,8-4+. The third-order valence-electron chi connectivity index (χ3n) is 1.31. The number of hydrogen-bond donors (Lipinski definition) is 0. The summed E-state index contributed by atoms with van der Waals surface area (Å²) in [6.45, 7) is 3.95. The molecule has 0 N–H and O–H groups in total. The highest BCUT2D eigenvalue weighted by molar-refractivity contribution is 5.89. The molecule has 0 saturated carbocycles. The van der Waals surface area contributed by atoms with Gasteiger partial charge in [0.1, 0.15) is 0 Å². The van der Waals surface area contributed by atoms with Crippen LogP contribution in [0.3, 0.4) is 0 Å². The van der Waals surface area contributed by atoms with Gasteiger partial charge in [-0.05, 0) is 25.8 Å². The van der Waals surface area contributed by atoms with E-state index in [9.17, 15) is 4.79 Å². The fraction of sp³-hybridized carbons (Fsp3) is 0.500. The van der Waals surface area contributed by atoms with E-state index in [2.05, 4.69) is 19.1 Å². The fourth-order valence-electron chi connectivity index (χ4n) is 0.779. The van der Waals surface area contributed by atoms with Crippen LogP contribution in [-0.4, -0.2) is 5.78 Å². The second-order valence-electron chi connectivity index (χ2n) is 2.38. The lowest BCUT2D eigenvalue weighted by Gasteiger charge is -1.88. The highest BCUT2D eigenvalue weighted by atomic mass is 16.1. The third kappa shape index (κ3) is 7.04. The summed E-state index contributed by atoms with van der Waals surface area (Å²) in [5.41, 5.74) is 0. The quantitative estimate of drug-likeness (QED) is 0.437. The largest absolute Gasteiger partial charge is 0.295 e. The SMILES string of the molecule is C/C=C/C(=O)CC/C=C/CC. The van der Waals surface area contributed by atoms with Crippen LogP contribution in [0, 0.1) is 0 Å². The van der Waals surface area contributed by atoms with E-state index in [-0.39, 0.29) is 5.78 Å². The fourth-order valence-corrected chi connectivity index (χ4v) is 0.779. The van der Waals surface area contributed by atoms with Gasteiger partial charge >= 0.3 is 0 Å². The van der Waals surface area contributed by atoms with Gasteiger partial charge in [-0.1, -0.05) is 25.2 Å². The zero-order valence-electron chi connectivity index (χ0n) is 7.34. The van der Waals surface area contributed by atoms with Crippen LogP contribution in [0.5, 0.6) is 0 Å². The maximum Gasteiger partial charge on any atom is 0.155 e. The van der Waals surface area contributed by atoms with Crippen LogP contribution in [0.25, 0.3) is 0 Å². The summed E-state index contributed by atoms with van der Waals surface area (Å²) >= 11 is 0. The first-order valence-corrected chi connectivity index (χ1v) is 4.11. The molecular weight excluding hydrogens is 136 g/mol. The van der Waals surface area contributed by atoms with Crippen molar-refractivity contribution in [3.8, 4) is 0 Å². The van der Waals surface area contributed by atoms with E-state index < -0.39 is 0 Å². The van der Waals surface area contributed by atoms with Crippen LogP contribution in [-0.2, 0) is 4.79 Å². The summed E-state index contributed by atoms with van der Waals surface area (Å²) < 4.78 is 0. The highest BCUT2D eigenvalue weighted by Gasteiger charge is 1.91. The van der Waals surface area contributed by atoms with Gasteiger partial charge in [0.05, 0.1) is 0 Å². The maximum absolute atomic E-state index is 10.9. The van der Waals surface area contributed by atoms with Gasteiger partial charge < -0.3 is 0 Å². The summed E-state index contributed by atoms with van der Waals surface area (Å²) in [6, 6.07) is 0. The molecule has 0 atom stereocenters. The Morgan fingerprint density at radius 2 is 2.09 bits per heavy atom. The van der Waals surface area contributed by atoms with Gasteiger partial charge in [0.15, 0.2) is 5.78 Å². The topological polar surface area (TPSA) is 17.1 Å². The van der Waals surface area contributed by atoms with E-state index in [0.717, 1.165) is 12.8 Å². The van der Waals surface area contributed by atoms with E-state index in [0.29, 0.717) is 6.42 Å². The van der Waals surface area contributed by atoms with Crippen molar-refractivity contribution in [2.24, 2.45) is 0 Å². The van der Waals surface area contributed by atoms with Gasteiger partial charge in [-0.2, -0.15) is 0 Å². The molecule has 0 aromatic rings. The molecule has 0 aromatic heterocycles. The van der Waals surface area contributed by atoms with Crippen LogP contribution in [0.15, 0.2) is 24.3 Å². The van der Waals surface area contributed by atoms with Crippen molar-refractivity contribution < 1.29 is 4.79 Å². The molecule has 0 unspecified atom stereocenters. The van der Waals surface area contributed by atoms with Crippen molar-refractivity contribution in [2.45, 2.75) is 33.1 Å². The molecule has 0 amide bonds. The number of allylic oxidation sites excluding steroid dienone is 4. The average Bonchev–Trinajstić information content (AvgIpc) is 1.99. The number of carbonyl (C=O) groups excluding carboxylic acids is 1. The van der Waals surface area contributed by atoms with Crippen LogP contribution >= 0.6 is 0 Å². The molecule has 0 bridgehead atoms. The predicted molar refractivity (Wildman–Crippen MR) is 48.5 cm³/mol. The molecule has 0 saturated heterocycles. The zero-order chi connectivity index (χ0) is 8.53. The van der Waals surface area contributed by atoms with Gasteiger partial charge in [0.25, 0.3) is 0 Å². The van der Waals surface area contributed by atoms with Crippen LogP contribution < -0.4 is 0 Å². The zero-order valence-corrected chi connectivity index (χ0v) is 7.34. The van der Waals surface area contributed by atoms with Crippen molar-refractivity contribution in [1.29, 1.82) is 0 Å². The maximum atomic E-state index is 10.9. The van der Waals surface area contributed by atoms with Crippen molar-refractivity contribution in [1.82, 2.24) is 0 Å². The first-order chi connectivity index (χ1) is 5.31. The third-order valence-corrected chi connectivity index (χ3v) is 1.31. The molecule has 0 fully saturated rings. The molecule has 0 aliphatic heterocycles. The van der Waals surface area contributed by atoms with E-state index in [4.69, 9.17) is 0 Å². The van der Waals surface area contributed by atoms with Gasteiger partial charge in [-0.15, -0.1) is 0 Å². The van der Waals surface area contributed by atoms with Crippen molar-refractivity contribution >= 4 is 5.78 Å². The molecule has 0 aliphatic rings.